The second-order valence-corrected chi connectivity index (χ2v) is 10.8. The Kier molecular flexibility index (Phi) is 9.99. The average Bonchev–Trinajstić information content (AvgIpc) is 3.05. The first kappa shape index (κ1) is 33.7. The maximum absolute atomic E-state index is 11.0. The van der Waals surface area contributed by atoms with Crippen LogP contribution in [-0.2, 0) is 14.2 Å². The minimum Gasteiger partial charge on any atom is -0.507 e. The zero-order chi connectivity index (χ0) is 33.4. The van der Waals surface area contributed by atoms with Gasteiger partial charge in [0.1, 0.15) is 71.8 Å². The molecule has 46 heavy (non-hydrogen) atoms. The fourth-order valence-corrected chi connectivity index (χ4v) is 5.29. The molecule has 2 saturated heterocycles. The molecule has 10 N–H and O–H groups in total. The summed E-state index contributed by atoms with van der Waals surface area (Å²) in [7, 11) is 2.61. The summed E-state index contributed by atoms with van der Waals surface area (Å²) >= 11 is 0. The predicted molar refractivity (Wildman–Crippen MR) is 150 cm³/mol. The van der Waals surface area contributed by atoms with Gasteiger partial charge in [-0.05, 0) is 18.2 Å². The molecule has 17 nitrogen and oxygen atoms in total. The van der Waals surface area contributed by atoms with E-state index >= 15 is 0 Å². The van der Waals surface area contributed by atoms with E-state index in [9.17, 15) is 51.1 Å². The molecule has 0 spiro atoms. The van der Waals surface area contributed by atoms with E-state index in [4.69, 9.17) is 33.2 Å². The van der Waals surface area contributed by atoms with Crippen molar-refractivity contribution in [3.63, 3.8) is 0 Å². The molecular formula is C29H36O17. The second-order valence-electron chi connectivity index (χ2n) is 10.8. The normalized spacial score (nSPS) is 34.1. The number of phenolic OH excluding ortho intramolecular Hbond substituents is 2. The third kappa shape index (κ3) is 6.21. The number of benzene rings is 2. The molecule has 0 bridgehead atoms. The molecule has 254 valence electrons. The summed E-state index contributed by atoms with van der Waals surface area (Å²) in [6.45, 7) is -1.40. The lowest BCUT2D eigenvalue weighted by Gasteiger charge is -2.41. The van der Waals surface area contributed by atoms with Crippen LogP contribution in [0, 0.1) is 0 Å². The Bertz CT molecular complexity index is 1390. The van der Waals surface area contributed by atoms with Crippen LogP contribution in [0.3, 0.4) is 0 Å². The van der Waals surface area contributed by atoms with Crippen LogP contribution in [0.25, 0.3) is 6.08 Å². The zero-order valence-corrected chi connectivity index (χ0v) is 24.5. The molecule has 3 heterocycles. The molecule has 2 fully saturated rings. The molecule has 2 aromatic carbocycles. The first-order valence-electron chi connectivity index (χ1n) is 14.1. The van der Waals surface area contributed by atoms with Gasteiger partial charge in [0.25, 0.3) is 0 Å². The smallest absolute Gasteiger partial charge is 0.229 e. The molecule has 0 radical (unpaired) electrons. The number of ether oxygens (including phenoxy) is 7. The fraction of sp³-hybridized carbons (Fsp3) is 0.517. The number of methoxy groups -OCH3 is 2. The Morgan fingerprint density at radius 3 is 1.70 bits per heavy atom. The van der Waals surface area contributed by atoms with E-state index in [1.54, 1.807) is 0 Å². The summed E-state index contributed by atoms with van der Waals surface area (Å²) in [4.78, 5) is 0. The summed E-state index contributed by atoms with van der Waals surface area (Å²) in [6.07, 6.45) is -15.9. The van der Waals surface area contributed by atoms with Crippen molar-refractivity contribution in [3.05, 3.63) is 41.2 Å². The van der Waals surface area contributed by atoms with Crippen LogP contribution < -0.4 is 18.9 Å². The molecule has 0 saturated carbocycles. The van der Waals surface area contributed by atoms with Crippen molar-refractivity contribution >= 4 is 6.08 Å². The third-order valence-corrected chi connectivity index (χ3v) is 7.89. The summed E-state index contributed by atoms with van der Waals surface area (Å²) < 4.78 is 39.2. The van der Waals surface area contributed by atoms with Crippen LogP contribution in [0.5, 0.6) is 34.5 Å². The van der Waals surface area contributed by atoms with E-state index in [0.29, 0.717) is 0 Å². The van der Waals surface area contributed by atoms with Gasteiger partial charge in [0.15, 0.2) is 17.6 Å². The summed E-state index contributed by atoms with van der Waals surface area (Å²) in [6, 6.07) is 5.22. The Morgan fingerprint density at radius 1 is 0.674 bits per heavy atom. The molecule has 0 amide bonds. The average molecular weight is 657 g/mol. The molecule has 1 unspecified atom stereocenters. The van der Waals surface area contributed by atoms with Gasteiger partial charge in [-0.15, -0.1) is 0 Å². The van der Waals surface area contributed by atoms with E-state index in [0.717, 1.165) is 6.07 Å². The van der Waals surface area contributed by atoms with Crippen LogP contribution >= 0.6 is 0 Å². The van der Waals surface area contributed by atoms with Gasteiger partial charge in [-0.3, -0.25) is 0 Å². The van der Waals surface area contributed by atoms with E-state index < -0.39 is 86.5 Å². The lowest BCUT2D eigenvalue weighted by molar-refractivity contribution is -0.293. The van der Waals surface area contributed by atoms with Crippen LogP contribution in [0.2, 0.25) is 0 Å². The Morgan fingerprint density at radius 2 is 1.20 bits per heavy atom. The minimum atomic E-state index is -1.78. The van der Waals surface area contributed by atoms with Crippen molar-refractivity contribution in [3.8, 4) is 34.5 Å². The molecule has 0 aliphatic carbocycles. The van der Waals surface area contributed by atoms with Gasteiger partial charge < -0.3 is 84.2 Å². The van der Waals surface area contributed by atoms with E-state index in [2.05, 4.69) is 0 Å². The highest BCUT2D eigenvalue weighted by Gasteiger charge is 2.47. The van der Waals surface area contributed by atoms with E-state index in [-0.39, 0.29) is 45.6 Å². The van der Waals surface area contributed by atoms with E-state index in [1.165, 1.54) is 38.5 Å². The lowest BCUT2D eigenvalue weighted by Crippen LogP contribution is -2.60. The highest BCUT2D eigenvalue weighted by molar-refractivity contribution is 5.70. The highest BCUT2D eigenvalue weighted by Crippen LogP contribution is 2.47. The van der Waals surface area contributed by atoms with Gasteiger partial charge in [0, 0.05) is 17.7 Å². The van der Waals surface area contributed by atoms with Gasteiger partial charge in [-0.1, -0.05) is 0 Å². The molecule has 0 aromatic heterocycles. The molecule has 5 rings (SSSR count). The van der Waals surface area contributed by atoms with Crippen LogP contribution in [0.1, 0.15) is 17.2 Å². The first-order chi connectivity index (χ1) is 21.9. The predicted octanol–water partition coefficient (Wildman–Crippen LogP) is -2.42. The largest absolute Gasteiger partial charge is 0.507 e. The van der Waals surface area contributed by atoms with Gasteiger partial charge >= 0.3 is 0 Å². The summed E-state index contributed by atoms with van der Waals surface area (Å²) in [5.74, 6) is -1.03. The standard InChI is InChI=1S/C29H36O17/c1-40-15-3-10(4-16(41-2)20(15)33)27-17(44-29-26(39)24(37)22(35)19(9-31)46-29)7-12-13(32)5-11(6-14(12)43-27)42-28-25(38)23(36)21(34)18(8-30)45-28/h3-7,18-19,21-39H,8-9H2,1-2H3/t18-,19+,21-,22-,23+,24-,25-,26+,27?,28-,29-/m1/s1. The second kappa shape index (κ2) is 13.6. The molecule has 11 atom stereocenters. The zero-order valence-electron chi connectivity index (χ0n) is 24.5. The molecular weight excluding hydrogens is 620 g/mol. The molecule has 2 aromatic rings. The lowest BCUT2D eigenvalue weighted by atomic mass is 9.98. The van der Waals surface area contributed by atoms with Crippen molar-refractivity contribution in [2.75, 3.05) is 27.4 Å². The Balaban J connectivity index is 1.53. The maximum atomic E-state index is 11.0. The van der Waals surface area contributed by atoms with Crippen molar-refractivity contribution in [2.24, 2.45) is 0 Å². The van der Waals surface area contributed by atoms with Gasteiger partial charge in [-0.25, -0.2) is 0 Å². The quantitative estimate of drug-likeness (QED) is 0.135. The summed E-state index contributed by atoms with van der Waals surface area (Å²) in [5.41, 5.74) is 0.294. The number of fused-ring (bicyclic) bond motifs is 1. The number of rotatable bonds is 9. The number of phenols is 2. The van der Waals surface area contributed by atoms with Gasteiger partial charge in [0.05, 0.1) is 33.0 Å². The SMILES string of the molecule is COc1cc(C2Oc3cc(O[C@@H]4O[C@H](CO)[C@@H](O)[C@H](O)[C@H]4O)cc(O)c3C=C2O[C@@H]2O[C@@H](CO)[C@@H](O)[C@@H](O)[C@@H]2O)cc(OC)c1O. The van der Waals surface area contributed by atoms with Crippen molar-refractivity contribution in [2.45, 2.75) is 67.5 Å². The van der Waals surface area contributed by atoms with Crippen molar-refractivity contribution in [1.82, 2.24) is 0 Å². The molecule has 3 aliphatic heterocycles. The number of aliphatic hydroxyl groups is 8. The number of aromatic hydroxyl groups is 2. The van der Waals surface area contributed by atoms with E-state index in [1.807, 2.05) is 0 Å². The maximum Gasteiger partial charge on any atom is 0.229 e. The summed E-state index contributed by atoms with van der Waals surface area (Å²) in [5, 5.41) is 102. The van der Waals surface area contributed by atoms with Gasteiger partial charge in [-0.2, -0.15) is 0 Å². The first-order valence-corrected chi connectivity index (χ1v) is 14.1. The number of hydrogen-bond acceptors (Lipinski definition) is 17. The number of aliphatic hydroxyl groups excluding tert-OH is 8. The third-order valence-electron chi connectivity index (χ3n) is 7.89. The fourth-order valence-electron chi connectivity index (χ4n) is 5.29. The van der Waals surface area contributed by atoms with Gasteiger partial charge in [0.2, 0.25) is 18.3 Å². The Hall–Kier alpha value is -3.62. The molecule has 3 aliphatic rings. The number of hydrogen-bond donors (Lipinski definition) is 10. The highest BCUT2D eigenvalue weighted by atomic mass is 16.7. The van der Waals surface area contributed by atoms with Crippen LogP contribution in [-0.4, -0.2) is 140 Å². The Labute approximate surface area is 261 Å². The molecule has 17 heteroatoms. The van der Waals surface area contributed by atoms with Crippen LogP contribution in [0.4, 0.5) is 0 Å². The minimum absolute atomic E-state index is 0.0153. The van der Waals surface area contributed by atoms with Crippen molar-refractivity contribution in [1.29, 1.82) is 0 Å². The van der Waals surface area contributed by atoms with Crippen molar-refractivity contribution < 1.29 is 84.2 Å². The monoisotopic (exact) mass is 656 g/mol. The topological polar surface area (TPSA) is 267 Å². The van der Waals surface area contributed by atoms with Crippen LogP contribution in [0.15, 0.2) is 30.0 Å².